The SMILES string of the molecule is CCc1cc(Br)ccc1NC(=O)COC(=O)[C@H](C)N1C(=O)[C@@H]2[C@H](C1=O)[C@H]1C=C[C@H]2C1. The minimum absolute atomic E-state index is 0.0779. The number of anilines is 1. The van der Waals surface area contributed by atoms with E-state index in [1.807, 2.05) is 31.2 Å². The van der Waals surface area contributed by atoms with Crippen molar-refractivity contribution in [3.63, 3.8) is 0 Å². The van der Waals surface area contributed by atoms with Gasteiger partial charge in [-0.2, -0.15) is 0 Å². The molecule has 5 atom stereocenters. The summed E-state index contributed by atoms with van der Waals surface area (Å²) in [6, 6.07) is 4.44. The van der Waals surface area contributed by atoms with E-state index < -0.39 is 24.5 Å². The summed E-state index contributed by atoms with van der Waals surface area (Å²) in [5, 5.41) is 2.73. The number of fused-ring (bicyclic) bond motifs is 5. The first kappa shape index (κ1) is 20.8. The van der Waals surface area contributed by atoms with Crippen LogP contribution < -0.4 is 5.32 Å². The third-order valence-electron chi connectivity index (χ3n) is 6.30. The standard InChI is InChI=1S/C22H23BrN2O5/c1-3-12-9-15(23)6-7-16(12)24-17(26)10-30-22(29)11(2)25-20(27)18-13-4-5-14(8-13)19(18)21(25)28/h4-7,9,11,13-14,18-19H,3,8,10H2,1-2H3,(H,24,26)/t11-,13-,14-,18-,19+/m0/s1. The number of benzene rings is 1. The Kier molecular flexibility index (Phi) is 5.53. The zero-order valence-electron chi connectivity index (χ0n) is 16.8. The Morgan fingerprint density at radius 3 is 2.43 bits per heavy atom. The summed E-state index contributed by atoms with van der Waals surface area (Å²) in [7, 11) is 0. The van der Waals surface area contributed by atoms with E-state index in [1.165, 1.54) is 6.92 Å². The van der Waals surface area contributed by atoms with Crippen molar-refractivity contribution in [2.24, 2.45) is 23.7 Å². The van der Waals surface area contributed by atoms with Gasteiger partial charge in [0, 0.05) is 10.2 Å². The van der Waals surface area contributed by atoms with Gasteiger partial charge in [-0.05, 0) is 55.4 Å². The molecule has 1 N–H and O–H groups in total. The molecule has 1 aromatic rings. The Labute approximate surface area is 183 Å². The van der Waals surface area contributed by atoms with Gasteiger partial charge in [0.1, 0.15) is 6.04 Å². The highest BCUT2D eigenvalue weighted by Crippen LogP contribution is 2.52. The molecular weight excluding hydrogens is 452 g/mol. The van der Waals surface area contributed by atoms with Crippen LogP contribution in [-0.2, 0) is 30.3 Å². The number of ether oxygens (including phenoxy) is 1. The second-order valence-electron chi connectivity index (χ2n) is 8.03. The normalized spacial score (nSPS) is 27.4. The maximum Gasteiger partial charge on any atom is 0.329 e. The summed E-state index contributed by atoms with van der Waals surface area (Å²) in [6.45, 7) is 2.95. The molecule has 30 heavy (non-hydrogen) atoms. The molecule has 2 bridgehead atoms. The van der Waals surface area contributed by atoms with Crippen LogP contribution in [0.25, 0.3) is 0 Å². The van der Waals surface area contributed by atoms with Crippen molar-refractivity contribution < 1.29 is 23.9 Å². The quantitative estimate of drug-likeness (QED) is 0.388. The second-order valence-corrected chi connectivity index (χ2v) is 8.95. The molecule has 7 nitrogen and oxygen atoms in total. The Bertz CT molecular complexity index is 929. The van der Waals surface area contributed by atoms with Crippen molar-refractivity contribution in [2.75, 3.05) is 11.9 Å². The topological polar surface area (TPSA) is 92.8 Å². The average Bonchev–Trinajstić information content (AvgIpc) is 3.40. The third-order valence-corrected chi connectivity index (χ3v) is 6.79. The fourth-order valence-corrected chi connectivity index (χ4v) is 5.24. The predicted molar refractivity (Wildman–Crippen MR) is 112 cm³/mol. The molecule has 158 valence electrons. The number of esters is 1. The number of likely N-dealkylation sites (tertiary alicyclic amines) is 1. The molecule has 1 saturated heterocycles. The third kappa shape index (κ3) is 3.47. The Morgan fingerprint density at radius 2 is 1.83 bits per heavy atom. The number of rotatable bonds is 6. The molecule has 0 unspecified atom stereocenters. The lowest BCUT2D eigenvalue weighted by molar-refractivity contribution is -0.159. The van der Waals surface area contributed by atoms with Gasteiger partial charge in [-0.1, -0.05) is 35.0 Å². The zero-order chi connectivity index (χ0) is 21.6. The molecule has 4 rings (SSSR count). The van der Waals surface area contributed by atoms with Crippen molar-refractivity contribution in [3.8, 4) is 0 Å². The molecule has 1 heterocycles. The van der Waals surface area contributed by atoms with Gasteiger partial charge in [0.05, 0.1) is 11.8 Å². The summed E-state index contributed by atoms with van der Waals surface area (Å²) in [5.41, 5.74) is 1.59. The van der Waals surface area contributed by atoms with E-state index >= 15 is 0 Å². The number of imide groups is 1. The van der Waals surface area contributed by atoms with Gasteiger partial charge in [0.2, 0.25) is 11.8 Å². The maximum absolute atomic E-state index is 12.8. The number of nitrogens with zero attached hydrogens (tertiary/aromatic N) is 1. The van der Waals surface area contributed by atoms with E-state index in [4.69, 9.17) is 4.74 Å². The molecule has 0 spiro atoms. The Hall–Kier alpha value is -2.48. The predicted octanol–water partition coefficient (Wildman–Crippen LogP) is 2.69. The van der Waals surface area contributed by atoms with Crippen LogP contribution in [0.3, 0.4) is 0 Å². The lowest BCUT2D eigenvalue weighted by atomic mass is 9.85. The van der Waals surface area contributed by atoms with Gasteiger partial charge in [-0.15, -0.1) is 0 Å². The molecule has 3 amide bonds. The van der Waals surface area contributed by atoms with Crippen LogP contribution in [-0.4, -0.2) is 41.2 Å². The smallest absolute Gasteiger partial charge is 0.329 e. The van der Waals surface area contributed by atoms with Gasteiger partial charge in [0.15, 0.2) is 6.61 Å². The first-order chi connectivity index (χ1) is 14.3. The van der Waals surface area contributed by atoms with Crippen LogP contribution in [0.2, 0.25) is 0 Å². The monoisotopic (exact) mass is 474 g/mol. The molecule has 1 aliphatic heterocycles. The molecule has 0 radical (unpaired) electrons. The second kappa shape index (κ2) is 7.98. The van der Waals surface area contributed by atoms with Gasteiger partial charge in [-0.25, -0.2) is 4.79 Å². The summed E-state index contributed by atoms with van der Waals surface area (Å²) >= 11 is 3.39. The Balaban J connectivity index is 1.35. The molecule has 2 fully saturated rings. The number of carbonyl (C=O) groups is 4. The van der Waals surface area contributed by atoms with Crippen molar-refractivity contribution in [1.82, 2.24) is 4.90 Å². The van der Waals surface area contributed by atoms with Crippen LogP contribution in [0.5, 0.6) is 0 Å². The Morgan fingerprint density at radius 1 is 1.20 bits per heavy atom. The number of aryl methyl sites for hydroxylation is 1. The lowest BCUT2D eigenvalue weighted by Crippen LogP contribution is -2.45. The fourth-order valence-electron chi connectivity index (χ4n) is 4.83. The van der Waals surface area contributed by atoms with Gasteiger partial charge < -0.3 is 10.1 Å². The van der Waals surface area contributed by atoms with Crippen molar-refractivity contribution in [3.05, 3.63) is 40.4 Å². The van der Waals surface area contributed by atoms with Crippen molar-refractivity contribution >= 4 is 45.3 Å². The molecule has 2 aliphatic carbocycles. The lowest BCUT2D eigenvalue weighted by Gasteiger charge is -2.23. The van der Waals surface area contributed by atoms with E-state index in [-0.39, 0.29) is 35.5 Å². The minimum atomic E-state index is -1.05. The average molecular weight is 475 g/mol. The summed E-state index contributed by atoms with van der Waals surface area (Å²) in [6.07, 6.45) is 5.56. The number of hydrogen-bond acceptors (Lipinski definition) is 5. The molecule has 1 saturated carbocycles. The molecule has 0 aromatic heterocycles. The van der Waals surface area contributed by atoms with Crippen LogP contribution >= 0.6 is 15.9 Å². The van der Waals surface area contributed by atoms with E-state index in [0.717, 1.165) is 27.8 Å². The van der Waals surface area contributed by atoms with Crippen molar-refractivity contribution in [1.29, 1.82) is 0 Å². The van der Waals surface area contributed by atoms with E-state index in [0.29, 0.717) is 5.69 Å². The molecular formula is C22H23BrN2O5. The number of hydrogen-bond donors (Lipinski definition) is 1. The highest BCUT2D eigenvalue weighted by atomic mass is 79.9. The number of allylic oxidation sites excluding steroid dienone is 2. The van der Waals surface area contributed by atoms with Gasteiger partial charge in [-0.3, -0.25) is 19.3 Å². The summed E-state index contributed by atoms with van der Waals surface area (Å²) in [5.74, 6) is -2.43. The summed E-state index contributed by atoms with van der Waals surface area (Å²) < 4.78 is 6.02. The minimum Gasteiger partial charge on any atom is -0.454 e. The van der Waals surface area contributed by atoms with Crippen LogP contribution in [0.4, 0.5) is 5.69 Å². The van der Waals surface area contributed by atoms with Crippen LogP contribution in [0.15, 0.2) is 34.8 Å². The largest absolute Gasteiger partial charge is 0.454 e. The number of amides is 3. The van der Waals surface area contributed by atoms with Crippen molar-refractivity contribution in [2.45, 2.75) is 32.7 Å². The summed E-state index contributed by atoms with van der Waals surface area (Å²) in [4.78, 5) is 51.3. The first-order valence-electron chi connectivity index (χ1n) is 10.1. The van der Waals surface area contributed by atoms with E-state index in [2.05, 4.69) is 21.2 Å². The van der Waals surface area contributed by atoms with E-state index in [1.54, 1.807) is 6.07 Å². The van der Waals surface area contributed by atoms with Gasteiger partial charge in [0.25, 0.3) is 5.91 Å². The van der Waals surface area contributed by atoms with Gasteiger partial charge >= 0.3 is 5.97 Å². The molecule has 1 aromatic carbocycles. The van der Waals surface area contributed by atoms with Crippen LogP contribution in [0.1, 0.15) is 25.8 Å². The van der Waals surface area contributed by atoms with E-state index in [9.17, 15) is 19.2 Å². The zero-order valence-corrected chi connectivity index (χ0v) is 18.3. The number of halogens is 1. The molecule has 8 heteroatoms. The number of nitrogens with one attached hydrogen (secondary N) is 1. The highest BCUT2D eigenvalue weighted by Gasteiger charge is 2.60. The first-order valence-corrected chi connectivity index (χ1v) is 10.9. The highest BCUT2D eigenvalue weighted by molar-refractivity contribution is 9.10. The molecule has 3 aliphatic rings. The maximum atomic E-state index is 12.8. The number of carbonyl (C=O) groups excluding carboxylic acids is 4. The fraction of sp³-hybridized carbons (Fsp3) is 0.455. The van der Waals surface area contributed by atoms with Crippen LogP contribution in [0, 0.1) is 23.7 Å².